The van der Waals surface area contributed by atoms with Gasteiger partial charge in [0.2, 0.25) is 5.91 Å². The Morgan fingerprint density at radius 3 is 2.27 bits per heavy atom. The van der Waals surface area contributed by atoms with E-state index in [0.717, 1.165) is 27.0 Å². The first-order valence-electron chi connectivity index (χ1n) is 7.89. The van der Waals surface area contributed by atoms with Gasteiger partial charge in [0.15, 0.2) is 11.5 Å². The van der Waals surface area contributed by atoms with Crippen molar-refractivity contribution >= 4 is 33.2 Å². The molecule has 0 atom stereocenters. The molecule has 26 heavy (non-hydrogen) atoms. The molecule has 138 valence electrons. The van der Waals surface area contributed by atoms with Crippen LogP contribution < -0.4 is 14.8 Å². The highest BCUT2D eigenvalue weighted by atomic mass is 79.9. The van der Waals surface area contributed by atoms with E-state index in [9.17, 15) is 4.79 Å². The van der Waals surface area contributed by atoms with Gasteiger partial charge in [0.1, 0.15) is 6.61 Å². The molecule has 0 bridgehead atoms. The summed E-state index contributed by atoms with van der Waals surface area (Å²) in [5, 5.41) is 6.88. The number of oxime groups is 1. The summed E-state index contributed by atoms with van der Waals surface area (Å²) < 4.78 is 11.4. The molecule has 0 aliphatic carbocycles. The predicted octanol–water partition coefficient (Wildman–Crippen LogP) is 4.37. The fourth-order valence-electron chi connectivity index (χ4n) is 2.26. The lowest BCUT2D eigenvalue weighted by molar-refractivity contribution is -0.114. The van der Waals surface area contributed by atoms with Crippen LogP contribution in [0.2, 0.25) is 0 Å². The summed E-state index contributed by atoms with van der Waals surface area (Å²) in [7, 11) is 3.18. The lowest BCUT2D eigenvalue weighted by Crippen LogP contribution is -2.06. The van der Waals surface area contributed by atoms with E-state index in [0.29, 0.717) is 11.5 Å². The molecule has 2 aromatic carbocycles. The van der Waals surface area contributed by atoms with Gasteiger partial charge < -0.3 is 19.6 Å². The zero-order valence-electron chi connectivity index (χ0n) is 15.1. The quantitative estimate of drug-likeness (QED) is 0.533. The molecular weight excluding hydrogens is 400 g/mol. The molecule has 0 fully saturated rings. The Balaban J connectivity index is 2.04. The fraction of sp³-hybridized carbons (Fsp3) is 0.263. The highest BCUT2D eigenvalue weighted by Gasteiger charge is 2.10. The largest absolute Gasteiger partial charge is 0.493 e. The molecule has 0 heterocycles. The van der Waals surface area contributed by atoms with E-state index in [4.69, 9.17) is 14.3 Å². The van der Waals surface area contributed by atoms with Crippen LogP contribution in [-0.4, -0.2) is 25.8 Å². The van der Waals surface area contributed by atoms with Crippen LogP contribution in [-0.2, 0) is 16.2 Å². The molecular formula is C19H21BrN2O4. The van der Waals surface area contributed by atoms with Crippen molar-refractivity contribution in [3.63, 3.8) is 0 Å². The maximum absolute atomic E-state index is 11.0. The van der Waals surface area contributed by atoms with E-state index >= 15 is 0 Å². The summed E-state index contributed by atoms with van der Waals surface area (Å²) in [6.45, 7) is 3.61. The van der Waals surface area contributed by atoms with Gasteiger partial charge in [-0.15, -0.1) is 0 Å². The molecule has 0 aliphatic heterocycles. The summed E-state index contributed by atoms with van der Waals surface area (Å²) in [4.78, 5) is 16.5. The summed E-state index contributed by atoms with van der Waals surface area (Å²) in [6, 6.07) is 11.1. The van der Waals surface area contributed by atoms with Gasteiger partial charge in [-0.05, 0) is 36.8 Å². The zero-order chi connectivity index (χ0) is 19.1. The van der Waals surface area contributed by atoms with E-state index in [1.165, 1.54) is 6.92 Å². The molecule has 0 spiro atoms. The van der Waals surface area contributed by atoms with Crippen LogP contribution in [0.15, 0.2) is 46.0 Å². The fourth-order valence-corrected chi connectivity index (χ4v) is 2.69. The Labute approximate surface area is 161 Å². The number of methoxy groups -OCH3 is 2. The number of hydrogen-bond acceptors (Lipinski definition) is 5. The van der Waals surface area contributed by atoms with E-state index in [1.54, 1.807) is 14.2 Å². The first-order chi connectivity index (χ1) is 12.4. The molecule has 0 aliphatic rings. The normalized spacial score (nSPS) is 11.0. The molecule has 2 aromatic rings. The Bertz CT molecular complexity index is 804. The Hall–Kier alpha value is -2.54. The van der Waals surface area contributed by atoms with Crippen molar-refractivity contribution in [1.82, 2.24) is 0 Å². The second-order valence-corrected chi connectivity index (χ2v) is 6.36. The van der Waals surface area contributed by atoms with Crippen molar-refractivity contribution in [2.75, 3.05) is 19.5 Å². The number of carbonyl (C=O) groups excluding carboxylic acids is 1. The second kappa shape index (κ2) is 9.24. The third-order valence-corrected chi connectivity index (χ3v) is 4.34. The number of anilines is 1. The number of rotatable bonds is 7. The van der Waals surface area contributed by atoms with Crippen LogP contribution >= 0.6 is 15.9 Å². The topological polar surface area (TPSA) is 69.2 Å². The minimum Gasteiger partial charge on any atom is -0.493 e. The number of benzene rings is 2. The molecule has 7 heteroatoms. The number of carbonyl (C=O) groups is 1. The van der Waals surface area contributed by atoms with Crippen LogP contribution in [0.5, 0.6) is 11.5 Å². The van der Waals surface area contributed by atoms with Gasteiger partial charge in [0.05, 0.1) is 19.9 Å². The number of amides is 1. The lowest BCUT2D eigenvalue weighted by atomic mass is 10.1. The highest BCUT2D eigenvalue weighted by Crippen LogP contribution is 2.33. The van der Waals surface area contributed by atoms with E-state index in [2.05, 4.69) is 26.4 Å². The third kappa shape index (κ3) is 5.23. The molecule has 0 unspecified atom stereocenters. The van der Waals surface area contributed by atoms with E-state index in [-0.39, 0.29) is 12.5 Å². The van der Waals surface area contributed by atoms with Crippen molar-refractivity contribution in [1.29, 1.82) is 0 Å². The summed E-state index contributed by atoms with van der Waals surface area (Å²) >= 11 is 3.49. The lowest BCUT2D eigenvalue weighted by Gasteiger charge is -2.11. The molecule has 0 saturated heterocycles. The third-order valence-electron chi connectivity index (χ3n) is 3.60. The Morgan fingerprint density at radius 1 is 1.08 bits per heavy atom. The maximum Gasteiger partial charge on any atom is 0.221 e. The van der Waals surface area contributed by atoms with E-state index < -0.39 is 0 Å². The molecule has 0 saturated carbocycles. The molecule has 1 amide bonds. The zero-order valence-corrected chi connectivity index (χ0v) is 16.7. The van der Waals surface area contributed by atoms with Crippen molar-refractivity contribution in [3.8, 4) is 11.5 Å². The number of hydrogen-bond donors (Lipinski definition) is 1. The summed E-state index contributed by atoms with van der Waals surface area (Å²) in [5.41, 5.74) is 3.27. The van der Waals surface area contributed by atoms with Gasteiger partial charge in [-0.2, -0.15) is 0 Å². The van der Waals surface area contributed by atoms with Crippen LogP contribution in [0.4, 0.5) is 5.69 Å². The monoisotopic (exact) mass is 420 g/mol. The van der Waals surface area contributed by atoms with Gasteiger partial charge >= 0.3 is 0 Å². The average molecular weight is 421 g/mol. The summed E-state index contributed by atoms with van der Waals surface area (Å²) in [6.07, 6.45) is 0. The summed E-state index contributed by atoms with van der Waals surface area (Å²) in [5.74, 6) is 1.16. The van der Waals surface area contributed by atoms with Gasteiger partial charge in [0.25, 0.3) is 0 Å². The van der Waals surface area contributed by atoms with E-state index in [1.807, 2.05) is 43.3 Å². The molecule has 6 nitrogen and oxygen atoms in total. The van der Waals surface area contributed by atoms with Gasteiger partial charge in [0, 0.05) is 22.6 Å². The Kier molecular flexibility index (Phi) is 7.03. The SMILES string of the molecule is COc1cc(Br)c(CO/N=C(\C)c2ccc(NC(C)=O)cc2)cc1OC. The van der Waals surface area contributed by atoms with Gasteiger partial charge in [-0.25, -0.2) is 0 Å². The van der Waals surface area contributed by atoms with Crippen LogP contribution in [0.1, 0.15) is 25.0 Å². The van der Waals surface area contributed by atoms with Crippen molar-refractivity contribution in [2.24, 2.45) is 5.16 Å². The standard InChI is InChI=1S/C19H21BrN2O4/c1-12(14-5-7-16(8-6-14)21-13(2)23)22-26-11-15-9-18(24-3)19(25-4)10-17(15)20/h5-10H,11H2,1-4H3,(H,21,23)/b22-12+. The predicted molar refractivity (Wildman–Crippen MR) is 105 cm³/mol. The number of halogens is 1. The number of nitrogens with zero attached hydrogens (tertiary/aromatic N) is 1. The minimum absolute atomic E-state index is 0.105. The first-order valence-corrected chi connectivity index (χ1v) is 8.69. The molecule has 0 aromatic heterocycles. The Morgan fingerprint density at radius 2 is 1.69 bits per heavy atom. The average Bonchev–Trinajstić information content (AvgIpc) is 2.62. The van der Waals surface area contributed by atoms with Crippen molar-refractivity contribution in [2.45, 2.75) is 20.5 Å². The van der Waals surface area contributed by atoms with Crippen LogP contribution in [0.25, 0.3) is 0 Å². The highest BCUT2D eigenvalue weighted by molar-refractivity contribution is 9.10. The van der Waals surface area contributed by atoms with Crippen LogP contribution in [0.3, 0.4) is 0 Å². The maximum atomic E-state index is 11.0. The van der Waals surface area contributed by atoms with Crippen molar-refractivity contribution < 1.29 is 19.1 Å². The molecule has 2 rings (SSSR count). The smallest absolute Gasteiger partial charge is 0.221 e. The molecule has 0 radical (unpaired) electrons. The number of ether oxygens (including phenoxy) is 2. The van der Waals surface area contributed by atoms with Crippen molar-refractivity contribution in [3.05, 3.63) is 52.0 Å². The van der Waals surface area contributed by atoms with Crippen LogP contribution in [0, 0.1) is 0 Å². The second-order valence-electron chi connectivity index (χ2n) is 5.51. The minimum atomic E-state index is -0.105. The van der Waals surface area contributed by atoms with Gasteiger partial charge in [-0.3, -0.25) is 4.79 Å². The number of nitrogens with one attached hydrogen (secondary N) is 1. The first kappa shape index (κ1) is 19.8. The molecule has 1 N–H and O–H groups in total. The van der Waals surface area contributed by atoms with Gasteiger partial charge in [-0.1, -0.05) is 33.2 Å².